The number of benzene rings is 1. The van der Waals surface area contributed by atoms with E-state index in [1.165, 1.54) is 25.1 Å². The number of carboxylic acid groups (broad SMARTS) is 2. The van der Waals surface area contributed by atoms with E-state index in [9.17, 15) is 19.7 Å². The second kappa shape index (κ2) is 8.61. The predicted octanol–water partition coefficient (Wildman–Crippen LogP) is 0.355. The van der Waals surface area contributed by atoms with Gasteiger partial charge in [0.05, 0.1) is 29.1 Å². The molecular weight excluding hydrogens is 286 g/mol. The van der Waals surface area contributed by atoms with Crippen LogP contribution in [0.2, 0.25) is 0 Å². The number of hydrogen-bond acceptors (Lipinski definition) is 6. The highest BCUT2D eigenvalue weighted by Crippen LogP contribution is 2.13. The molecule has 0 spiro atoms. The summed E-state index contributed by atoms with van der Waals surface area (Å²) in [5.41, 5.74) is 0.335. The average molecular weight is 301 g/mol. The molecule has 1 aromatic rings. The van der Waals surface area contributed by atoms with Crippen molar-refractivity contribution < 1.29 is 34.9 Å². The third kappa shape index (κ3) is 5.97. The van der Waals surface area contributed by atoms with Crippen LogP contribution in [0.1, 0.15) is 32.7 Å². The van der Waals surface area contributed by atoms with Gasteiger partial charge >= 0.3 is 18.2 Å². The topological polar surface area (TPSA) is 158 Å². The number of hydrogen-bond donors (Lipinski definition) is 4. The lowest BCUT2D eigenvalue weighted by Crippen LogP contribution is -2.19. The van der Waals surface area contributed by atoms with Crippen LogP contribution in [0.4, 0.5) is 0 Å². The highest BCUT2D eigenvalue weighted by atomic mass is 16.7. The zero-order valence-corrected chi connectivity index (χ0v) is 11.1. The zero-order chi connectivity index (χ0) is 16.6. The maximum absolute atomic E-state index is 10.6. The van der Waals surface area contributed by atoms with Crippen molar-refractivity contribution in [1.82, 2.24) is 0 Å². The molecule has 0 aromatic heterocycles. The van der Waals surface area contributed by atoms with Crippen molar-refractivity contribution in [3.05, 3.63) is 45.0 Å². The third-order valence-electron chi connectivity index (χ3n) is 2.43. The van der Waals surface area contributed by atoms with Crippen molar-refractivity contribution in [2.45, 2.75) is 19.6 Å². The predicted molar refractivity (Wildman–Crippen MR) is 69.8 cm³/mol. The lowest BCUT2D eigenvalue weighted by molar-refractivity contribution is -0.571. The monoisotopic (exact) mass is 301 g/mol. The first-order valence-electron chi connectivity index (χ1n) is 5.71. The summed E-state index contributed by atoms with van der Waals surface area (Å²) in [5, 5.41) is 43.2. The van der Waals surface area contributed by atoms with E-state index in [0.717, 1.165) is 0 Å². The number of nitro groups is 1. The fourth-order valence-corrected chi connectivity index (χ4v) is 1.32. The van der Waals surface area contributed by atoms with Gasteiger partial charge in [-0.15, -0.1) is 0 Å². The Bertz CT molecular complexity index is 496. The van der Waals surface area contributed by atoms with Crippen LogP contribution >= 0.6 is 0 Å². The van der Waals surface area contributed by atoms with Crippen molar-refractivity contribution in [3.63, 3.8) is 0 Å². The van der Waals surface area contributed by atoms with E-state index in [2.05, 4.69) is 0 Å². The second-order valence-corrected chi connectivity index (χ2v) is 3.87. The molecule has 9 heteroatoms. The minimum atomic E-state index is -1.61. The Kier molecular flexibility index (Phi) is 7.58. The molecule has 0 aliphatic carbocycles. The van der Waals surface area contributed by atoms with Crippen LogP contribution in [-0.2, 0) is 0 Å². The first-order chi connectivity index (χ1) is 9.72. The molecule has 4 N–H and O–H groups in total. The normalized spacial score (nSPS) is 11.0. The molecule has 1 atom stereocenters. The van der Waals surface area contributed by atoms with Gasteiger partial charge in [0, 0.05) is 0 Å². The van der Waals surface area contributed by atoms with Crippen LogP contribution in [0, 0.1) is 17.0 Å². The lowest BCUT2D eigenvalue weighted by Gasteiger charge is -2.03. The summed E-state index contributed by atoms with van der Waals surface area (Å²) >= 11 is 0. The molecule has 0 saturated carbocycles. The van der Waals surface area contributed by atoms with Crippen molar-refractivity contribution in [3.8, 4) is 0 Å². The van der Waals surface area contributed by atoms with E-state index in [4.69, 9.17) is 20.4 Å². The number of aliphatic hydroxyl groups is 2. The summed E-state index contributed by atoms with van der Waals surface area (Å²) in [6, 6.07) is 4.17. The summed E-state index contributed by atoms with van der Waals surface area (Å²) in [6.07, 6.45) is -1.81. The zero-order valence-electron chi connectivity index (χ0n) is 11.1. The molecule has 0 radical (unpaired) electrons. The van der Waals surface area contributed by atoms with Crippen molar-refractivity contribution >= 4 is 11.9 Å². The summed E-state index contributed by atoms with van der Waals surface area (Å²) in [6.45, 7) is 1.12. The highest BCUT2D eigenvalue weighted by molar-refractivity contribution is 5.96. The molecule has 0 bridgehead atoms. The van der Waals surface area contributed by atoms with Gasteiger partial charge in [-0.25, -0.2) is 9.59 Å². The SMILES string of the molecule is Cc1c(C(=O)O)cccc1C(=O)O.O=[N+]([O-])C(O)CCO. The van der Waals surface area contributed by atoms with Crippen molar-refractivity contribution in [2.24, 2.45) is 0 Å². The van der Waals surface area contributed by atoms with Gasteiger partial charge in [-0.3, -0.25) is 10.1 Å². The number of rotatable bonds is 5. The molecular formula is C12H15NO8. The number of carbonyl (C=O) groups is 2. The Balaban J connectivity index is 0.000000433. The molecule has 0 amide bonds. The smallest absolute Gasteiger partial charge is 0.335 e. The maximum Gasteiger partial charge on any atom is 0.335 e. The fourth-order valence-electron chi connectivity index (χ4n) is 1.32. The number of nitrogens with zero attached hydrogens (tertiary/aromatic N) is 1. The van der Waals surface area contributed by atoms with E-state index in [1.54, 1.807) is 0 Å². The van der Waals surface area contributed by atoms with Gasteiger partial charge in [0.1, 0.15) is 0 Å². The quantitative estimate of drug-likeness (QED) is 0.344. The van der Waals surface area contributed by atoms with Crippen LogP contribution in [0.5, 0.6) is 0 Å². The van der Waals surface area contributed by atoms with Crippen LogP contribution in [0.3, 0.4) is 0 Å². The molecule has 0 aliphatic rings. The largest absolute Gasteiger partial charge is 0.478 e. The Morgan fingerprint density at radius 2 is 1.67 bits per heavy atom. The van der Waals surface area contributed by atoms with Crippen LogP contribution in [0.15, 0.2) is 18.2 Å². The van der Waals surface area contributed by atoms with E-state index in [1.807, 2.05) is 0 Å². The molecule has 116 valence electrons. The molecule has 1 rings (SSSR count). The lowest BCUT2D eigenvalue weighted by atomic mass is 10.0. The molecule has 9 nitrogen and oxygen atoms in total. The molecule has 0 heterocycles. The molecule has 1 aromatic carbocycles. The number of carboxylic acids is 2. The maximum atomic E-state index is 10.6. The van der Waals surface area contributed by atoms with E-state index >= 15 is 0 Å². The fraction of sp³-hybridized carbons (Fsp3) is 0.333. The Morgan fingerprint density at radius 1 is 1.24 bits per heavy atom. The summed E-state index contributed by atoms with van der Waals surface area (Å²) in [4.78, 5) is 29.9. The van der Waals surface area contributed by atoms with Crippen LogP contribution in [0.25, 0.3) is 0 Å². The Morgan fingerprint density at radius 3 is 1.90 bits per heavy atom. The first-order valence-corrected chi connectivity index (χ1v) is 5.71. The summed E-state index contributed by atoms with van der Waals surface area (Å²) < 4.78 is 0. The van der Waals surface area contributed by atoms with Gasteiger partial charge in [0.2, 0.25) is 0 Å². The van der Waals surface area contributed by atoms with Crippen molar-refractivity contribution in [1.29, 1.82) is 0 Å². The molecule has 0 fully saturated rings. The molecule has 21 heavy (non-hydrogen) atoms. The number of aliphatic hydroxyl groups excluding tert-OH is 2. The summed E-state index contributed by atoms with van der Waals surface area (Å²) in [5.74, 6) is -2.22. The van der Waals surface area contributed by atoms with E-state index < -0.39 is 23.1 Å². The van der Waals surface area contributed by atoms with Gasteiger partial charge in [-0.1, -0.05) is 6.07 Å². The van der Waals surface area contributed by atoms with Crippen molar-refractivity contribution in [2.75, 3.05) is 6.61 Å². The molecule has 1 unspecified atom stereocenters. The molecule has 0 aliphatic heterocycles. The first kappa shape index (κ1) is 18.5. The van der Waals surface area contributed by atoms with E-state index in [0.29, 0.717) is 0 Å². The van der Waals surface area contributed by atoms with Gasteiger partial charge < -0.3 is 20.4 Å². The number of aromatic carboxylic acids is 2. The summed E-state index contributed by atoms with van der Waals surface area (Å²) in [7, 11) is 0. The van der Waals surface area contributed by atoms with E-state index in [-0.39, 0.29) is 29.7 Å². The van der Waals surface area contributed by atoms with Gasteiger partial charge in [-0.2, -0.15) is 0 Å². The minimum absolute atomic E-state index is 0.0277. The average Bonchev–Trinajstić information content (AvgIpc) is 2.39. The van der Waals surface area contributed by atoms with Gasteiger partial charge in [0.15, 0.2) is 0 Å². The Hall–Kier alpha value is -2.52. The van der Waals surface area contributed by atoms with Crippen LogP contribution in [-0.4, -0.2) is 50.1 Å². The second-order valence-electron chi connectivity index (χ2n) is 3.87. The minimum Gasteiger partial charge on any atom is -0.478 e. The molecule has 0 saturated heterocycles. The Labute approximate surface area is 119 Å². The highest BCUT2D eigenvalue weighted by Gasteiger charge is 2.13. The van der Waals surface area contributed by atoms with Crippen LogP contribution < -0.4 is 0 Å². The van der Waals surface area contributed by atoms with Gasteiger partial charge in [0.25, 0.3) is 0 Å². The third-order valence-corrected chi connectivity index (χ3v) is 2.43. The van der Waals surface area contributed by atoms with Gasteiger partial charge in [-0.05, 0) is 24.6 Å². The standard InChI is InChI=1S/C9H8O4.C3H7NO4/c1-5-6(8(10)11)3-2-4-7(5)9(12)13;5-2-1-3(6)4(7)8/h2-4H,1H3,(H,10,11)(H,12,13);3,5-6H,1-2H2.